The molecule has 1 aliphatic heterocycles. The quantitative estimate of drug-likeness (QED) is 0.330. The molecule has 172 valence electrons. The van der Waals surface area contributed by atoms with Crippen molar-refractivity contribution >= 4 is 0 Å². The number of rotatable bonds is 6. The van der Waals surface area contributed by atoms with Gasteiger partial charge in [0, 0.05) is 23.5 Å². The number of allylic oxidation sites excluding steroid dienone is 1. The Kier molecular flexibility index (Phi) is 6.81. The fraction of sp³-hybridized carbons (Fsp3) is 0.231. The molecule has 4 rings (SSSR count). The van der Waals surface area contributed by atoms with Gasteiger partial charge in [-0.05, 0) is 35.2 Å². The molecule has 3 aromatic carbocycles. The van der Waals surface area contributed by atoms with Gasteiger partial charge in [0.15, 0.2) is 29.5 Å². The molecule has 0 bridgehead atoms. The van der Waals surface area contributed by atoms with Gasteiger partial charge in [0.1, 0.15) is 0 Å². The summed E-state index contributed by atoms with van der Waals surface area (Å²) in [5.74, 6) is -5.72. The molecule has 0 saturated carbocycles. The first kappa shape index (κ1) is 23.0. The molecule has 1 N–H and O–H groups in total. The first-order valence-electron chi connectivity index (χ1n) is 10.5. The molecule has 1 heterocycles. The summed E-state index contributed by atoms with van der Waals surface area (Å²) >= 11 is 0. The van der Waals surface area contributed by atoms with Gasteiger partial charge in [0.2, 0.25) is 5.82 Å². The van der Waals surface area contributed by atoms with E-state index in [2.05, 4.69) is 6.58 Å². The first-order chi connectivity index (χ1) is 15.9. The van der Waals surface area contributed by atoms with Gasteiger partial charge in [-0.1, -0.05) is 42.5 Å². The zero-order valence-electron chi connectivity index (χ0n) is 17.7. The smallest absolute Gasteiger partial charge is 0.200 e. The lowest BCUT2D eigenvalue weighted by Crippen LogP contribution is -2.31. The van der Waals surface area contributed by atoms with Crippen molar-refractivity contribution in [1.29, 1.82) is 0 Å². The van der Waals surface area contributed by atoms with E-state index in [9.17, 15) is 22.7 Å². The largest absolute Gasteiger partial charge is 0.505 e. The van der Waals surface area contributed by atoms with Gasteiger partial charge in [-0.3, -0.25) is 0 Å². The number of ether oxygens (including phenoxy) is 2. The van der Waals surface area contributed by atoms with Crippen molar-refractivity contribution in [3.63, 3.8) is 0 Å². The standard InChI is InChI=1S/C26H22F4O3/c1-2-3-4-22-32-13-17(14-33-22)20-10-9-18(23(27)24(20)28)15-5-7-16(8-6-15)19-11-12-21(31)26(30)25(19)29/h2,5-12,17,22,31H,1,3-4,13-14H2. The second kappa shape index (κ2) is 9.77. The highest BCUT2D eigenvalue weighted by Gasteiger charge is 2.27. The fourth-order valence-electron chi connectivity index (χ4n) is 3.84. The minimum atomic E-state index is -1.34. The second-order valence-electron chi connectivity index (χ2n) is 7.83. The monoisotopic (exact) mass is 458 g/mol. The molecule has 7 heteroatoms. The Morgan fingerprint density at radius 3 is 1.91 bits per heavy atom. The van der Waals surface area contributed by atoms with Crippen LogP contribution in [0.2, 0.25) is 0 Å². The summed E-state index contributed by atoms with van der Waals surface area (Å²) in [5, 5.41) is 9.27. The molecule has 1 saturated heterocycles. The number of benzene rings is 3. The van der Waals surface area contributed by atoms with Gasteiger partial charge in [-0.2, -0.15) is 4.39 Å². The van der Waals surface area contributed by atoms with Crippen LogP contribution >= 0.6 is 0 Å². The molecule has 0 unspecified atom stereocenters. The van der Waals surface area contributed by atoms with Crippen LogP contribution in [0.5, 0.6) is 5.75 Å². The van der Waals surface area contributed by atoms with E-state index in [-0.39, 0.29) is 36.2 Å². The first-order valence-corrected chi connectivity index (χ1v) is 10.5. The molecule has 0 amide bonds. The number of hydrogen-bond donors (Lipinski definition) is 1. The zero-order chi connectivity index (χ0) is 23.5. The van der Waals surface area contributed by atoms with Crippen molar-refractivity contribution < 1.29 is 32.1 Å². The van der Waals surface area contributed by atoms with Crippen LogP contribution in [0.4, 0.5) is 17.6 Å². The molecule has 0 atom stereocenters. The molecule has 0 aliphatic carbocycles. The Labute approximate surface area is 188 Å². The molecule has 1 aliphatic rings. The maximum Gasteiger partial charge on any atom is 0.200 e. The van der Waals surface area contributed by atoms with E-state index in [0.29, 0.717) is 17.5 Å². The third-order valence-electron chi connectivity index (χ3n) is 5.69. The molecule has 33 heavy (non-hydrogen) atoms. The molecule has 3 nitrogen and oxygen atoms in total. The lowest BCUT2D eigenvalue weighted by Gasteiger charge is -2.30. The summed E-state index contributed by atoms with van der Waals surface area (Å²) in [7, 11) is 0. The predicted molar refractivity (Wildman–Crippen MR) is 117 cm³/mol. The third-order valence-corrected chi connectivity index (χ3v) is 5.69. The highest BCUT2D eigenvalue weighted by molar-refractivity contribution is 5.71. The molecule has 3 aromatic rings. The SMILES string of the molecule is C=CCCC1OCC(c2ccc(-c3ccc(-c4ccc(O)c(F)c4F)cc3)c(F)c2F)CO1. The van der Waals surface area contributed by atoms with Crippen LogP contribution in [0, 0.1) is 23.3 Å². The molecule has 0 aromatic heterocycles. The Morgan fingerprint density at radius 2 is 1.33 bits per heavy atom. The fourth-order valence-corrected chi connectivity index (χ4v) is 3.84. The molecule has 0 radical (unpaired) electrons. The molecular formula is C26H22F4O3. The zero-order valence-corrected chi connectivity index (χ0v) is 17.7. The summed E-state index contributed by atoms with van der Waals surface area (Å²) in [6.45, 7) is 4.10. The van der Waals surface area contributed by atoms with Crippen LogP contribution < -0.4 is 0 Å². The average Bonchev–Trinajstić information content (AvgIpc) is 2.84. The maximum absolute atomic E-state index is 14.9. The summed E-state index contributed by atoms with van der Waals surface area (Å²) in [6, 6.07) is 11.2. The van der Waals surface area contributed by atoms with Gasteiger partial charge in [0.05, 0.1) is 13.2 Å². The number of aromatic hydroxyl groups is 1. The van der Waals surface area contributed by atoms with Crippen LogP contribution in [-0.4, -0.2) is 24.6 Å². The Morgan fingerprint density at radius 1 is 0.788 bits per heavy atom. The summed E-state index contributed by atoms with van der Waals surface area (Å²) < 4.78 is 68.8. The summed E-state index contributed by atoms with van der Waals surface area (Å²) in [4.78, 5) is 0. The Hall–Kier alpha value is -3.16. The van der Waals surface area contributed by atoms with Crippen molar-refractivity contribution in [2.45, 2.75) is 25.0 Å². The lowest BCUT2D eigenvalue weighted by molar-refractivity contribution is -0.189. The number of phenols is 1. The van der Waals surface area contributed by atoms with E-state index < -0.39 is 34.9 Å². The van der Waals surface area contributed by atoms with E-state index in [0.717, 1.165) is 12.5 Å². The van der Waals surface area contributed by atoms with E-state index in [1.54, 1.807) is 6.08 Å². The van der Waals surface area contributed by atoms with Gasteiger partial charge < -0.3 is 14.6 Å². The third kappa shape index (κ3) is 4.65. The average molecular weight is 458 g/mol. The normalized spacial score (nSPS) is 18.3. The van der Waals surface area contributed by atoms with Crippen LogP contribution in [0.15, 0.2) is 61.2 Å². The molecular weight excluding hydrogens is 436 g/mol. The van der Waals surface area contributed by atoms with Crippen LogP contribution in [-0.2, 0) is 9.47 Å². The number of hydrogen-bond acceptors (Lipinski definition) is 3. The molecule has 1 fully saturated rings. The van der Waals surface area contributed by atoms with Crippen molar-refractivity contribution in [3.8, 4) is 28.0 Å². The van der Waals surface area contributed by atoms with E-state index in [1.165, 1.54) is 42.5 Å². The van der Waals surface area contributed by atoms with Crippen molar-refractivity contribution in [2.75, 3.05) is 13.2 Å². The minimum Gasteiger partial charge on any atom is -0.505 e. The van der Waals surface area contributed by atoms with Crippen LogP contribution in [0.25, 0.3) is 22.3 Å². The number of halogens is 4. The van der Waals surface area contributed by atoms with Gasteiger partial charge in [-0.25, -0.2) is 13.2 Å². The predicted octanol–water partition coefficient (Wildman–Crippen LogP) is 6.71. The van der Waals surface area contributed by atoms with Crippen molar-refractivity contribution in [1.82, 2.24) is 0 Å². The van der Waals surface area contributed by atoms with Crippen LogP contribution in [0.1, 0.15) is 24.3 Å². The molecule has 0 spiro atoms. The van der Waals surface area contributed by atoms with Gasteiger partial charge in [0.25, 0.3) is 0 Å². The lowest BCUT2D eigenvalue weighted by atomic mass is 9.94. The van der Waals surface area contributed by atoms with E-state index in [4.69, 9.17) is 9.47 Å². The second-order valence-corrected chi connectivity index (χ2v) is 7.83. The summed E-state index contributed by atoms with van der Waals surface area (Å²) in [6.07, 6.45) is 2.78. The summed E-state index contributed by atoms with van der Waals surface area (Å²) in [5.41, 5.74) is 0.873. The van der Waals surface area contributed by atoms with E-state index >= 15 is 0 Å². The minimum absolute atomic E-state index is 0.0432. The number of phenolic OH excluding ortho intramolecular Hbond substituents is 1. The van der Waals surface area contributed by atoms with Gasteiger partial charge >= 0.3 is 0 Å². The van der Waals surface area contributed by atoms with Crippen LogP contribution in [0.3, 0.4) is 0 Å². The van der Waals surface area contributed by atoms with Gasteiger partial charge in [-0.15, -0.1) is 6.58 Å². The Bertz CT molecular complexity index is 1150. The Balaban J connectivity index is 1.54. The topological polar surface area (TPSA) is 38.7 Å². The highest BCUT2D eigenvalue weighted by atomic mass is 19.2. The van der Waals surface area contributed by atoms with Crippen molar-refractivity contribution in [2.24, 2.45) is 0 Å². The van der Waals surface area contributed by atoms with Crippen molar-refractivity contribution in [3.05, 3.63) is 90.0 Å². The van der Waals surface area contributed by atoms with E-state index in [1.807, 2.05) is 0 Å². The maximum atomic E-state index is 14.9. The highest BCUT2D eigenvalue weighted by Crippen LogP contribution is 2.34.